The van der Waals surface area contributed by atoms with Gasteiger partial charge < -0.3 is 18.1 Å². The van der Waals surface area contributed by atoms with Gasteiger partial charge in [0, 0.05) is 10.4 Å². The highest BCUT2D eigenvalue weighted by atomic mass is 32.3. The average molecular weight is 357 g/mol. The highest BCUT2D eigenvalue weighted by Crippen LogP contribution is 2.02. The van der Waals surface area contributed by atoms with Gasteiger partial charge in [-0.3, -0.25) is 8.42 Å². The molecule has 0 aliphatic carbocycles. The van der Waals surface area contributed by atoms with Crippen LogP contribution >= 0.6 is 0 Å². The molecule has 0 N–H and O–H groups in total. The second kappa shape index (κ2) is 14.2. The molecule has 144 valence electrons. The Labute approximate surface area is 145 Å². The van der Waals surface area contributed by atoms with Crippen LogP contribution in [0.4, 0.5) is 0 Å². The van der Waals surface area contributed by atoms with Crippen LogP contribution in [0.25, 0.3) is 0 Å². The zero-order valence-corrected chi connectivity index (χ0v) is 17.4. The molecule has 7 heteroatoms. The molecule has 0 unspecified atom stereocenters. The fourth-order valence-electron chi connectivity index (χ4n) is 2.16. The van der Waals surface area contributed by atoms with Crippen LogP contribution in [0.15, 0.2) is 0 Å². The molecule has 0 amide bonds. The molecule has 0 aromatic rings. The molecule has 0 aliphatic heterocycles. The third-order valence-electron chi connectivity index (χ3n) is 4.58. The molecule has 0 rings (SSSR count). The van der Waals surface area contributed by atoms with Gasteiger partial charge >= 0.3 is 0 Å². The van der Waals surface area contributed by atoms with Crippen LogP contribution in [0.5, 0.6) is 0 Å². The SMILES string of the molecule is CCC[N+](C)(CC)CC.CCC[N+](C)(CC)CC.O=S(=O)([O-])[O-]. The largest absolute Gasteiger partial charge is 0.759 e. The lowest BCUT2D eigenvalue weighted by Crippen LogP contribution is -2.43. The Morgan fingerprint density at radius 2 is 0.826 bits per heavy atom. The lowest BCUT2D eigenvalue weighted by atomic mass is 10.3. The molecule has 0 aromatic heterocycles. The maximum Gasteiger partial charge on any atom is 0.0781 e. The Balaban J connectivity index is -0.000000273. The van der Waals surface area contributed by atoms with Crippen molar-refractivity contribution in [3.05, 3.63) is 0 Å². The Morgan fingerprint density at radius 1 is 0.652 bits per heavy atom. The van der Waals surface area contributed by atoms with E-state index in [9.17, 15) is 0 Å². The van der Waals surface area contributed by atoms with E-state index < -0.39 is 10.4 Å². The molecule has 0 aromatic carbocycles. The standard InChI is InChI=1S/2C8H20N.H2O4S/c2*1-5-8-9(4,6-2)7-3;1-5(2,3)4/h2*5-8H2,1-4H3;(H2,1,2,3,4)/q2*+1;/p-2. The average Bonchev–Trinajstić information content (AvgIpc) is 2.46. The first-order valence-electron chi connectivity index (χ1n) is 8.70. The Morgan fingerprint density at radius 3 is 0.870 bits per heavy atom. The predicted octanol–water partition coefficient (Wildman–Crippen LogP) is 2.43. The van der Waals surface area contributed by atoms with Crippen LogP contribution in [0.3, 0.4) is 0 Å². The number of nitrogens with zero attached hydrogens (tertiary/aromatic N) is 2. The van der Waals surface area contributed by atoms with Crippen molar-refractivity contribution >= 4 is 10.4 Å². The zero-order chi connectivity index (χ0) is 19.2. The molecule has 0 fully saturated rings. The van der Waals surface area contributed by atoms with Crippen molar-refractivity contribution in [2.45, 2.75) is 54.4 Å². The van der Waals surface area contributed by atoms with Gasteiger partial charge in [0.2, 0.25) is 0 Å². The van der Waals surface area contributed by atoms with E-state index >= 15 is 0 Å². The second-order valence-electron chi connectivity index (χ2n) is 6.36. The highest BCUT2D eigenvalue weighted by molar-refractivity contribution is 7.79. The summed E-state index contributed by atoms with van der Waals surface area (Å²) < 4.78 is 36.5. The van der Waals surface area contributed by atoms with Gasteiger partial charge in [0.15, 0.2) is 0 Å². The quantitative estimate of drug-likeness (QED) is 0.380. The molecule has 23 heavy (non-hydrogen) atoms. The minimum Gasteiger partial charge on any atom is -0.759 e. The van der Waals surface area contributed by atoms with E-state index in [2.05, 4.69) is 55.6 Å². The van der Waals surface area contributed by atoms with E-state index in [1.165, 1.54) is 61.1 Å². The first kappa shape index (κ1) is 27.6. The first-order valence-corrected chi connectivity index (χ1v) is 10.0. The summed E-state index contributed by atoms with van der Waals surface area (Å²) in [6, 6.07) is 0. The van der Waals surface area contributed by atoms with Crippen molar-refractivity contribution in [2.24, 2.45) is 0 Å². The van der Waals surface area contributed by atoms with Crippen LogP contribution in [-0.2, 0) is 10.4 Å². The monoisotopic (exact) mass is 356 g/mol. The minimum absolute atomic E-state index is 1.23. The van der Waals surface area contributed by atoms with Crippen LogP contribution in [0.2, 0.25) is 0 Å². The van der Waals surface area contributed by atoms with Gasteiger partial charge in [0.1, 0.15) is 0 Å². The van der Waals surface area contributed by atoms with Gasteiger partial charge in [-0.25, -0.2) is 0 Å². The van der Waals surface area contributed by atoms with Crippen molar-refractivity contribution < 1.29 is 26.5 Å². The van der Waals surface area contributed by atoms with E-state index in [1.807, 2.05) is 0 Å². The molecule has 0 radical (unpaired) electrons. The Kier molecular flexibility index (Phi) is 17.0. The predicted molar refractivity (Wildman–Crippen MR) is 95.3 cm³/mol. The van der Waals surface area contributed by atoms with Crippen molar-refractivity contribution in [3.8, 4) is 0 Å². The van der Waals surface area contributed by atoms with Gasteiger partial charge in [-0.2, -0.15) is 0 Å². The maximum atomic E-state index is 8.52. The minimum atomic E-state index is -5.17. The molecule has 6 nitrogen and oxygen atoms in total. The smallest absolute Gasteiger partial charge is 0.0781 e. The lowest BCUT2D eigenvalue weighted by molar-refractivity contribution is -0.906. The van der Waals surface area contributed by atoms with Crippen molar-refractivity contribution in [1.82, 2.24) is 0 Å². The second-order valence-corrected chi connectivity index (χ2v) is 7.18. The van der Waals surface area contributed by atoms with Crippen molar-refractivity contribution in [1.29, 1.82) is 0 Å². The van der Waals surface area contributed by atoms with Crippen LogP contribution in [0.1, 0.15) is 54.4 Å². The Hall–Kier alpha value is -0.210. The van der Waals surface area contributed by atoms with Gasteiger partial charge in [0.25, 0.3) is 0 Å². The Bertz CT molecular complexity index is 323. The highest BCUT2D eigenvalue weighted by Gasteiger charge is 2.13. The fourth-order valence-corrected chi connectivity index (χ4v) is 2.16. The van der Waals surface area contributed by atoms with Crippen LogP contribution in [0, 0.1) is 0 Å². The van der Waals surface area contributed by atoms with E-state index in [0.29, 0.717) is 0 Å². The summed E-state index contributed by atoms with van der Waals surface area (Å²) in [7, 11) is -0.521. The molecular formula is C16H40N2O4S. The zero-order valence-electron chi connectivity index (χ0n) is 16.6. The topological polar surface area (TPSA) is 80.3 Å². The summed E-state index contributed by atoms with van der Waals surface area (Å²) in [5.74, 6) is 0. The lowest BCUT2D eigenvalue weighted by Gasteiger charge is -2.31. The molecule has 0 saturated carbocycles. The number of hydrogen-bond acceptors (Lipinski definition) is 4. The van der Waals surface area contributed by atoms with Gasteiger partial charge in [-0.1, -0.05) is 13.8 Å². The summed E-state index contributed by atoms with van der Waals surface area (Å²) in [5.41, 5.74) is 0. The molecule has 0 aliphatic rings. The maximum absolute atomic E-state index is 8.52. The molecule has 0 atom stereocenters. The van der Waals surface area contributed by atoms with E-state index in [0.717, 1.165) is 0 Å². The summed E-state index contributed by atoms with van der Waals surface area (Å²) >= 11 is 0. The third kappa shape index (κ3) is 21.8. The third-order valence-corrected chi connectivity index (χ3v) is 4.58. The van der Waals surface area contributed by atoms with E-state index in [-0.39, 0.29) is 0 Å². The molecule has 0 heterocycles. The van der Waals surface area contributed by atoms with Gasteiger partial charge in [-0.05, 0) is 40.5 Å². The summed E-state index contributed by atoms with van der Waals surface area (Å²) in [6.45, 7) is 21.3. The molecule has 0 saturated heterocycles. The van der Waals surface area contributed by atoms with Gasteiger partial charge in [0.05, 0.1) is 53.4 Å². The normalized spacial score (nSPS) is 11.9. The van der Waals surface area contributed by atoms with Crippen LogP contribution in [-0.4, -0.2) is 79.9 Å². The van der Waals surface area contributed by atoms with Crippen molar-refractivity contribution in [3.63, 3.8) is 0 Å². The molecule has 0 spiro atoms. The summed E-state index contributed by atoms with van der Waals surface area (Å²) in [5, 5.41) is 0. The van der Waals surface area contributed by atoms with Crippen LogP contribution < -0.4 is 0 Å². The summed E-state index contributed by atoms with van der Waals surface area (Å²) in [4.78, 5) is 0. The molecule has 0 bridgehead atoms. The number of hydrogen-bond donors (Lipinski definition) is 0. The number of rotatable bonds is 8. The number of quaternary nitrogens is 2. The fraction of sp³-hybridized carbons (Fsp3) is 1.00. The molecular weight excluding hydrogens is 316 g/mol. The van der Waals surface area contributed by atoms with Crippen molar-refractivity contribution in [2.75, 3.05) is 53.4 Å². The first-order chi connectivity index (χ1) is 10.4. The van der Waals surface area contributed by atoms with E-state index in [4.69, 9.17) is 17.5 Å². The summed E-state index contributed by atoms with van der Waals surface area (Å²) in [6.07, 6.45) is 2.61. The van der Waals surface area contributed by atoms with E-state index in [1.54, 1.807) is 0 Å². The van der Waals surface area contributed by atoms with Gasteiger partial charge in [-0.15, -0.1) is 0 Å².